The van der Waals surface area contributed by atoms with Gasteiger partial charge in [0.15, 0.2) is 0 Å². The molecule has 2 N–H and O–H groups in total. The summed E-state index contributed by atoms with van der Waals surface area (Å²) in [5.74, 6) is 0.911. The van der Waals surface area contributed by atoms with Gasteiger partial charge in [0, 0.05) is 18.6 Å². The first-order chi connectivity index (χ1) is 8.20. The van der Waals surface area contributed by atoms with Crippen molar-refractivity contribution in [2.45, 2.75) is 31.3 Å². The van der Waals surface area contributed by atoms with Gasteiger partial charge in [0.2, 0.25) is 0 Å². The molecule has 1 aromatic carbocycles. The van der Waals surface area contributed by atoms with Crippen molar-refractivity contribution in [3.05, 3.63) is 29.8 Å². The van der Waals surface area contributed by atoms with Gasteiger partial charge in [-0.05, 0) is 44.0 Å². The molecule has 0 unspecified atom stereocenters. The molecule has 94 valence electrons. The topological polar surface area (TPSA) is 38.5 Å². The zero-order valence-corrected chi connectivity index (χ0v) is 10.8. The Morgan fingerprint density at radius 2 is 1.94 bits per heavy atom. The number of hydrogen-bond donors (Lipinski definition) is 1. The Labute approximate surface area is 104 Å². The van der Waals surface area contributed by atoms with Gasteiger partial charge in [0.1, 0.15) is 5.75 Å². The van der Waals surface area contributed by atoms with Crippen LogP contribution in [0.15, 0.2) is 24.3 Å². The van der Waals surface area contributed by atoms with Gasteiger partial charge in [-0.15, -0.1) is 0 Å². The van der Waals surface area contributed by atoms with Gasteiger partial charge in [-0.3, -0.25) is 4.90 Å². The average Bonchev–Trinajstić information content (AvgIpc) is 2.29. The van der Waals surface area contributed by atoms with Crippen LogP contribution < -0.4 is 10.5 Å². The van der Waals surface area contributed by atoms with E-state index in [0.717, 1.165) is 18.8 Å². The maximum atomic E-state index is 5.91. The third kappa shape index (κ3) is 2.45. The molecule has 0 atom stereocenters. The molecule has 0 bridgehead atoms. The Kier molecular flexibility index (Phi) is 3.69. The highest BCUT2D eigenvalue weighted by molar-refractivity contribution is 5.27. The van der Waals surface area contributed by atoms with Crippen LogP contribution in [0.1, 0.15) is 24.8 Å². The molecule has 1 saturated carbocycles. The molecular formula is C14H22N2O. The minimum absolute atomic E-state index is 0.250. The van der Waals surface area contributed by atoms with E-state index in [2.05, 4.69) is 24.1 Å². The molecule has 0 amide bonds. The first-order valence-corrected chi connectivity index (χ1v) is 6.24. The number of nitrogens with zero attached hydrogens (tertiary/aromatic N) is 1. The van der Waals surface area contributed by atoms with Gasteiger partial charge < -0.3 is 10.5 Å². The van der Waals surface area contributed by atoms with Gasteiger partial charge in [-0.2, -0.15) is 0 Å². The first-order valence-electron chi connectivity index (χ1n) is 6.24. The second-order valence-electron chi connectivity index (χ2n) is 4.99. The third-order valence-electron chi connectivity index (χ3n) is 4.05. The molecule has 0 heterocycles. The molecule has 3 heteroatoms. The van der Waals surface area contributed by atoms with Gasteiger partial charge in [-0.1, -0.05) is 12.1 Å². The summed E-state index contributed by atoms with van der Waals surface area (Å²) in [6, 6.07) is 8.27. The highest BCUT2D eigenvalue weighted by Gasteiger charge is 2.39. The Morgan fingerprint density at radius 3 is 2.35 bits per heavy atom. The van der Waals surface area contributed by atoms with Crippen LogP contribution in [0.2, 0.25) is 0 Å². The Balaban J connectivity index is 1.99. The van der Waals surface area contributed by atoms with Crippen molar-refractivity contribution in [1.82, 2.24) is 4.90 Å². The highest BCUT2D eigenvalue weighted by atomic mass is 16.5. The van der Waals surface area contributed by atoms with Crippen molar-refractivity contribution in [1.29, 1.82) is 0 Å². The van der Waals surface area contributed by atoms with Crippen LogP contribution in [0.25, 0.3) is 0 Å². The molecule has 0 aromatic heterocycles. The van der Waals surface area contributed by atoms with Crippen LogP contribution in [0.4, 0.5) is 0 Å². The van der Waals surface area contributed by atoms with Crippen LogP contribution in [0, 0.1) is 0 Å². The van der Waals surface area contributed by atoms with Crippen LogP contribution in [0.3, 0.4) is 0 Å². The fourth-order valence-corrected chi connectivity index (χ4v) is 2.50. The van der Waals surface area contributed by atoms with Crippen LogP contribution in [0.5, 0.6) is 5.75 Å². The normalized spacial score (nSPS) is 17.9. The summed E-state index contributed by atoms with van der Waals surface area (Å²) in [5.41, 5.74) is 7.47. The number of benzene rings is 1. The molecule has 3 nitrogen and oxygen atoms in total. The zero-order valence-electron chi connectivity index (χ0n) is 10.8. The van der Waals surface area contributed by atoms with E-state index in [-0.39, 0.29) is 5.54 Å². The molecule has 1 aliphatic carbocycles. The minimum Gasteiger partial charge on any atom is -0.497 e. The third-order valence-corrected chi connectivity index (χ3v) is 4.05. The van der Waals surface area contributed by atoms with Crippen molar-refractivity contribution in [3.63, 3.8) is 0 Å². The van der Waals surface area contributed by atoms with Gasteiger partial charge in [0.05, 0.1) is 7.11 Å². The smallest absolute Gasteiger partial charge is 0.118 e. The van der Waals surface area contributed by atoms with Crippen LogP contribution >= 0.6 is 0 Å². The largest absolute Gasteiger partial charge is 0.497 e. The van der Waals surface area contributed by atoms with Crippen molar-refractivity contribution >= 4 is 0 Å². The molecule has 0 aliphatic heterocycles. The monoisotopic (exact) mass is 234 g/mol. The minimum atomic E-state index is 0.250. The number of ether oxygens (including phenoxy) is 1. The highest BCUT2D eigenvalue weighted by Crippen LogP contribution is 2.36. The molecule has 1 aromatic rings. The molecule has 0 radical (unpaired) electrons. The molecule has 0 spiro atoms. The SMILES string of the molecule is COc1ccc(CN(C)C2(CN)CCC2)cc1. The summed E-state index contributed by atoms with van der Waals surface area (Å²) in [6.07, 6.45) is 3.77. The zero-order chi connectivity index (χ0) is 12.3. The second-order valence-corrected chi connectivity index (χ2v) is 4.99. The molecule has 1 aliphatic rings. The maximum Gasteiger partial charge on any atom is 0.118 e. The fourth-order valence-electron chi connectivity index (χ4n) is 2.50. The van der Waals surface area contributed by atoms with Crippen molar-refractivity contribution < 1.29 is 4.74 Å². The summed E-state index contributed by atoms with van der Waals surface area (Å²) in [6.45, 7) is 1.72. The summed E-state index contributed by atoms with van der Waals surface area (Å²) < 4.78 is 5.16. The lowest BCUT2D eigenvalue weighted by atomic mass is 9.75. The van der Waals surface area contributed by atoms with Crippen LogP contribution in [-0.4, -0.2) is 31.1 Å². The predicted octanol–water partition coefficient (Wildman–Crippen LogP) is 2.01. The van der Waals surface area contributed by atoms with E-state index < -0.39 is 0 Å². The van der Waals surface area contributed by atoms with E-state index in [1.54, 1.807) is 7.11 Å². The summed E-state index contributed by atoms with van der Waals surface area (Å²) in [5, 5.41) is 0. The van der Waals surface area contributed by atoms with Crippen molar-refractivity contribution in [2.24, 2.45) is 5.73 Å². The van der Waals surface area contributed by atoms with E-state index in [4.69, 9.17) is 10.5 Å². The number of hydrogen-bond acceptors (Lipinski definition) is 3. The predicted molar refractivity (Wildman–Crippen MR) is 70.1 cm³/mol. The van der Waals surface area contributed by atoms with E-state index in [9.17, 15) is 0 Å². The number of likely N-dealkylation sites (N-methyl/N-ethyl adjacent to an activating group) is 1. The number of methoxy groups -OCH3 is 1. The van der Waals surface area contributed by atoms with E-state index >= 15 is 0 Å². The summed E-state index contributed by atoms with van der Waals surface area (Å²) >= 11 is 0. The molecule has 1 fully saturated rings. The molecule has 17 heavy (non-hydrogen) atoms. The summed E-state index contributed by atoms with van der Waals surface area (Å²) in [4.78, 5) is 2.40. The molecular weight excluding hydrogens is 212 g/mol. The lowest BCUT2D eigenvalue weighted by Crippen LogP contribution is -2.56. The summed E-state index contributed by atoms with van der Waals surface area (Å²) in [7, 11) is 3.87. The standard InChI is InChI=1S/C14H22N2O/c1-16(14(11-15)8-3-9-14)10-12-4-6-13(17-2)7-5-12/h4-7H,3,8-11,15H2,1-2H3. The Morgan fingerprint density at radius 1 is 1.29 bits per heavy atom. The Hall–Kier alpha value is -1.06. The Bertz CT molecular complexity index is 351. The van der Waals surface area contributed by atoms with Gasteiger partial charge >= 0.3 is 0 Å². The number of nitrogens with two attached hydrogens (primary N) is 1. The quantitative estimate of drug-likeness (QED) is 0.847. The molecule has 2 rings (SSSR count). The molecule has 0 saturated heterocycles. The lowest BCUT2D eigenvalue weighted by Gasteiger charge is -2.48. The maximum absolute atomic E-state index is 5.91. The van der Waals surface area contributed by atoms with E-state index in [1.807, 2.05) is 12.1 Å². The van der Waals surface area contributed by atoms with E-state index in [0.29, 0.717) is 0 Å². The van der Waals surface area contributed by atoms with Crippen molar-refractivity contribution in [2.75, 3.05) is 20.7 Å². The average molecular weight is 234 g/mol. The second kappa shape index (κ2) is 5.07. The van der Waals surface area contributed by atoms with Crippen molar-refractivity contribution in [3.8, 4) is 5.75 Å². The number of rotatable bonds is 5. The fraction of sp³-hybridized carbons (Fsp3) is 0.571. The van der Waals surface area contributed by atoms with Crippen LogP contribution in [-0.2, 0) is 6.54 Å². The van der Waals surface area contributed by atoms with Gasteiger partial charge in [-0.25, -0.2) is 0 Å². The van der Waals surface area contributed by atoms with E-state index in [1.165, 1.54) is 24.8 Å². The first kappa shape index (κ1) is 12.4. The lowest BCUT2D eigenvalue weighted by molar-refractivity contribution is 0.0398. The van der Waals surface area contributed by atoms with Gasteiger partial charge in [0.25, 0.3) is 0 Å².